The molecule has 2 amide bonds. The van der Waals surface area contributed by atoms with Crippen molar-refractivity contribution in [3.05, 3.63) is 46.3 Å². The molecule has 0 aliphatic heterocycles. The smallest absolute Gasteiger partial charge is 0.341 e. The number of likely N-dealkylation sites (N-methyl/N-ethyl adjacent to an activating group) is 1. The van der Waals surface area contributed by atoms with Gasteiger partial charge in [-0.1, -0.05) is 18.2 Å². The molecule has 27 heavy (non-hydrogen) atoms. The molecule has 0 aliphatic rings. The molecule has 0 unspecified atom stereocenters. The maximum atomic E-state index is 12.5. The van der Waals surface area contributed by atoms with Gasteiger partial charge in [0.15, 0.2) is 0 Å². The van der Waals surface area contributed by atoms with E-state index in [-0.39, 0.29) is 30.5 Å². The minimum atomic E-state index is -0.562. The number of esters is 1. The molecule has 7 nitrogen and oxygen atoms in total. The largest absolute Gasteiger partial charge is 0.462 e. The summed E-state index contributed by atoms with van der Waals surface area (Å²) in [5.74, 6) is -1.17. The normalized spacial score (nSPS) is 10.2. The number of carbonyl (C=O) groups is 3. The average molecular weight is 389 g/mol. The van der Waals surface area contributed by atoms with E-state index in [0.717, 1.165) is 17.0 Å². The predicted octanol–water partition coefficient (Wildman–Crippen LogP) is 2.67. The Morgan fingerprint density at radius 2 is 1.85 bits per heavy atom. The molecule has 2 N–H and O–H groups in total. The van der Waals surface area contributed by atoms with Gasteiger partial charge in [0, 0.05) is 19.8 Å². The molecule has 144 valence electrons. The Labute approximate surface area is 162 Å². The molecule has 0 saturated heterocycles. The summed E-state index contributed by atoms with van der Waals surface area (Å²) in [5.41, 5.74) is 1.60. The Balaban J connectivity index is 2.24. The molecular weight excluding hydrogens is 366 g/mol. The van der Waals surface area contributed by atoms with Gasteiger partial charge in [-0.05, 0) is 31.5 Å². The average Bonchev–Trinajstić information content (AvgIpc) is 2.97. The zero-order valence-electron chi connectivity index (χ0n) is 15.8. The summed E-state index contributed by atoms with van der Waals surface area (Å²) in [6.45, 7) is 3.66. The number of nitrogens with one attached hydrogen (secondary N) is 2. The lowest BCUT2D eigenvalue weighted by atomic mass is 10.1. The van der Waals surface area contributed by atoms with Gasteiger partial charge in [0.05, 0.1) is 23.6 Å². The molecule has 1 heterocycles. The van der Waals surface area contributed by atoms with Crippen molar-refractivity contribution in [1.82, 2.24) is 5.32 Å². The number of ether oxygens (including phenoxy) is 1. The second-order valence-electron chi connectivity index (χ2n) is 5.80. The standard InChI is InChI=1S/C19H23N3O4S/c1-5-26-19(25)15-12(2)16(17(24)20-3)27-18(15)21-14(23)11-22(4)13-9-7-6-8-10-13/h6-10H,5,11H2,1-4H3,(H,20,24)(H,21,23). The molecule has 0 radical (unpaired) electrons. The van der Waals surface area contributed by atoms with Gasteiger partial charge >= 0.3 is 5.97 Å². The molecule has 0 spiro atoms. The van der Waals surface area contributed by atoms with Gasteiger partial charge in [-0.2, -0.15) is 0 Å². The molecule has 0 atom stereocenters. The predicted molar refractivity (Wildman–Crippen MR) is 107 cm³/mol. The van der Waals surface area contributed by atoms with Gasteiger partial charge in [0.2, 0.25) is 5.91 Å². The molecule has 8 heteroatoms. The molecule has 0 aliphatic carbocycles. The third kappa shape index (κ3) is 4.85. The van der Waals surface area contributed by atoms with Crippen molar-refractivity contribution in [3.63, 3.8) is 0 Å². The van der Waals surface area contributed by atoms with E-state index in [4.69, 9.17) is 4.74 Å². The first-order valence-electron chi connectivity index (χ1n) is 8.47. The number of benzene rings is 1. The van der Waals surface area contributed by atoms with E-state index >= 15 is 0 Å². The van der Waals surface area contributed by atoms with Crippen LogP contribution in [0.3, 0.4) is 0 Å². The molecular formula is C19H23N3O4S. The van der Waals surface area contributed by atoms with Crippen LogP contribution in [0.25, 0.3) is 0 Å². The highest BCUT2D eigenvalue weighted by atomic mass is 32.1. The van der Waals surface area contributed by atoms with Gasteiger partial charge in [-0.25, -0.2) is 4.79 Å². The Morgan fingerprint density at radius 1 is 1.19 bits per heavy atom. The molecule has 1 aromatic heterocycles. The van der Waals surface area contributed by atoms with Gasteiger partial charge in [-0.3, -0.25) is 9.59 Å². The monoisotopic (exact) mass is 389 g/mol. The highest BCUT2D eigenvalue weighted by molar-refractivity contribution is 7.18. The van der Waals surface area contributed by atoms with E-state index in [0.29, 0.717) is 15.4 Å². The van der Waals surface area contributed by atoms with Crippen molar-refractivity contribution in [3.8, 4) is 0 Å². The fourth-order valence-corrected chi connectivity index (χ4v) is 3.69. The third-order valence-electron chi connectivity index (χ3n) is 3.89. The first-order valence-corrected chi connectivity index (χ1v) is 9.29. The summed E-state index contributed by atoms with van der Waals surface area (Å²) in [6, 6.07) is 9.48. The number of para-hydroxylation sites is 1. The number of nitrogens with zero attached hydrogens (tertiary/aromatic N) is 1. The zero-order valence-corrected chi connectivity index (χ0v) is 16.6. The Morgan fingerprint density at radius 3 is 2.44 bits per heavy atom. The molecule has 0 saturated carbocycles. The van der Waals surface area contributed by atoms with Crippen LogP contribution in [0.1, 0.15) is 32.5 Å². The minimum absolute atomic E-state index is 0.0958. The fourth-order valence-electron chi connectivity index (χ4n) is 2.54. The van der Waals surface area contributed by atoms with E-state index in [9.17, 15) is 14.4 Å². The minimum Gasteiger partial charge on any atom is -0.462 e. The first-order chi connectivity index (χ1) is 12.9. The Bertz CT molecular complexity index is 833. The van der Waals surface area contributed by atoms with Crippen molar-refractivity contribution in [2.24, 2.45) is 0 Å². The summed E-state index contributed by atoms with van der Waals surface area (Å²) < 4.78 is 5.08. The first kappa shape index (κ1) is 20.4. The van der Waals surface area contributed by atoms with Crippen LogP contribution in [0.5, 0.6) is 0 Å². The number of amides is 2. The summed E-state index contributed by atoms with van der Waals surface area (Å²) in [5, 5.41) is 5.60. The van der Waals surface area contributed by atoms with Crippen molar-refractivity contribution in [2.75, 3.05) is 37.5 Å². The van der Waals surface area contributed by atoms with E-state index in [1.54, 1.807) is 25.8 Å². The van der Waals surface area contributed by atoms with E-state index in [1.807, 2.05) is 30.3 Å². The van der Waals surface area contributed by atoms with Crippen molar-refractivity contribution >= 4 is 39.8 Å². The van der Waals surface area contributed by atoms with Crippen LogP contribution in [0.15, 0.2) is 30.3 Å². The number of hydrogen-bond donors (Lipinski definition) is 2. The van der Waals surface area contributed by atoms with Crippen LogP contribution in [0, 0.1) is 6.92 Å². The summed E-state index contributed by atoms with van der Waals surface area (Å²) in [7, 11) is 3.31. The van der Waals surface area contributed by atoms with Crippen LogP contribution in [0.4, 0.5) is 10.7 Å². The maximum absolute atomic E-state index is 12.5. The number of rotatable bonds is 7. The molecule has 2 rings (SSSR count). The van der Waals surface area contributed by atoms with Crippen LogP contribution >= 0.6 is 11.3 Å². The quantitative estimate of drug-likeness (QED) is 0.711. The second-order valence-corrected chi connectivity index (χ2v) is 6.82. The molecule has 1 aromatic carbocycles. The Kier molecular flexibility index (Phi) is 6.95. The zero-order chi connectivity index (χ0) is 20.0. The molecule has 0 fully saturated rings. The Hall–Kier alpha value is -2.87. The van der Waals surface area contributed by atoms with Crippen molar-refractivity contribution in [2.45, 2.75) is 13.8 Å². The van der Waals surface area contributed by atoms with Gasteiger partial charge < -0.3 is 20.3 Å². The van der Waals surface area contributed by atoms with Gasteiger partial charge in [0.1, 0.15) is 5.00 Å². The van der Waals surface area contributed by atoms with Gasteiger partial charge in [-0.15, -0.1) is 11.3 Å². The second kappa shape index (κ2) is 9.18. The third-order valence-corrected chi connectivity index (χ3v) is 5.10. The van der Waals surface area contributed by atoms with Crippen LogP contribution in [-0.2, 0) is 9.53 Å². The number of anilines is 2. The SMILES string of the molecule is CCOC(=O)c1c(NC(=O)CN(C)c2ccccc2)sc(C(=O)NC)c1C. The van der Waals surface area contributed by atoms with E-state index < -0.39 is 5.97 Å². The van der Waals surface area contributed by atoms with Crippen molar-refractivity contribution < 1.29 is 19.1 Å². The number of thiophene rings is 1. The van der Waals surface area contributed by atoms with Crippen LogP contribution in [-0.4, -0.2) is 45.0 Å². The van der Waals surface area contributed by atoms with Gasteiger partial charge in [0.25, 0.3) is 5.91 Å². The van der Waals surface area contributed by atoms with Crippen LogP contribution in [0.2, 0.25) is 0 Å². The highest BCUT2D eigenvalue weighted by Crippen LogP contribution is 2.33. The summed E-state index contributed by atoms with van der Waals surface area (Å²) in [6.07, 6.45) is 0. The number of carbonyl (C=O) groups excluding carboxylic acids is 3. The van der Waals surface area contributed by atoms with Crippen molar-refractivity contribution in [1.29, 1.82) is 0 Å². The highest BCUT2D eigenvalue weighted by Gasteiger charge is 2.26. The lowest BCUT2D eigenvalue weighted by Crippen LogP contribution is -2.30. The number of hydrogen-bond acceptors (Lipinski definition) is 6. The van der Waals surface area contributed by atoms with E-state index in [2.05, 4.69) is 10.6 Å². The van der Waals surface area contributed by atoms with E-state index in [1.165, 1.54) is 7.05 Å². The molecule has 0 bridgehead atoms. The summed E-state index contributed by atoms with van der Waals surface area (Å²) in [4.78, 5) is 39.0. The summed E-state index contributed by atoms with van der Waals surface area (Å²) >= 11 is 1.06. The fraction of sp³-hybridized carbons (Fsp3) is 0.316. The lowest BCUT2D eigenvalue weighted by molar-refractivity contribution is -0.114. The topological polar surface area (TPSA) is 87.7 Å². The maximum Gasteiger partial charge on any atom is 0.341 e. The lowest BCUT2D eigenvalue weighted by Gasteiger charge is -2.18. The van der Waals surface area contributed by atoms with Crippen LogP contribution < -0.4 is 15.5 Å². The molecule has 2 aromatic rings.